The fraction of sp³-hybridized carbons (Fsp3) is 0.120. The van der Waals surface area contributed by atoms with E-state index < -0.39 is 11.6 Å². The zero-order valence-corrected chi connectivity index (χ0v) is 18.1. The number of carbonyl (C=O) groups is 1. The number of rotatable bonds is 6. The molecule has 4 rings (SSSR count). The van der Waals surface area contributed by atoms with Crippen LogP contribution >= 0.6 is 11.6 Å². The van der Waals surface area contributed by atoms with Gasteiger partial charge in [-0.05, 0) is 73.0 Å². The zero-order valence-electron chi connectivity index (χ0n) is 17.3. The summed E-state index contributed by atoms with van der Waals surface area (Å²) in [6, 6.07) is 15.9. The van der Waals surface area contributed by atoms with Crippen molar-refractivity contribution >= 4 is 39.7 Å². The number of halogens is 2. The number of aromatic hydroxyl groups is 1. The van der Waals surface area contributed by atoms with E-state index in [4.69, 9.17) is 17.3 Å². The van der Waals surface area contributed by atoms with Crippen LogP contribution in [0.4, 0.5) is 15.8 Å². The number of aromatic nitrogens is 1. The van der Waals surface area contributed by atoms with Gasteiger partial charge in [-0.25, -0.2) is 4.39 Å². The van der Waals surface area contributed by atoms with Gasteiger partial charge < -0.3 is 16.2 Å². The number of phenolic OH excluding ortho intramolecular Hbond substituents is 1. The Kier molecular flexibility index (Phi) is 6.08. The molecule has 0 fully saturated rings. The summed E-state index contributed by atoms with van der Waals surface area (Å²) >= 11 is 5.96. The topological polar surface area (TPSA) is 88.2 Å². The lowest BCUT2D eigenvalue weighted by Gasteiger charge is -2.15. The molecule has 4 N–H and O–H groups in total. The molecule has 0 saturated heterocycles. The first-order valence-corrected chi connectivity index (χ1v) is 10.4. The van der Waals surface area contributed by atoms with Crippen molar-refractivity contribution in [2.75, 3.05) is 11.9 Å². The van der Waals surface area contributed by atoms with Gasteiger partial charge in [-0.3, -0.25) is 9.78 Å². The standard InChI is InChI=1S/C25H21ClFN3O2/c1-14(31)20-13-29-23-6-5-16(17-11-21(26)25(32)22(27)12-17)10-19(23)24(20)30-18-4-2-3-15(9-18)7-8-28/h2-6,9-13,32H,7-8,28H2,1H3,(H,29,30). The van der Waals surface area contributed by atoms with Crippen LogP contribution < -0.4 is 11.1 Å². The molecule has 32 heavy (non-hydrogen) atoms. The number of Topliss-reactive ketones (excluding diaryl/α,β-unsaturated/α-hetero) is 1. The smallest absolute Gasteiger partial charge is 0.170 e. The highest BCUT2D eigenvalue weighted by molar-refractivity contribution is 6.32. The first-order valence-electron chi connectivity index (χ1n) is 10.1. The molecule has 7 heteroatoms. The number of ketones is 1. The number of nitrogens with two attached hydrogens (primary N) is 1. The Morgan fingerprint density at radius 1 is 1.16 bits per heavy atom. The molecule has 4 aromatic rings. The summed E-state index contributed by atoms with van der Waals surface area (Å²) < 4.78 is 14.1. The van der Waals surface area contributed by atoms with E-state index in [0.717, 1.165) is 17.7 Å². The molecule has 0 amide bonds. The fourth-order valence-electron chi connectivity index (χ4n) is 3.62. The summed E-state index contributed by atoms with van der Waals surface area (Å²) in [6.07, 6.45) is 2.29. The molecule has 0 unspecified atom stereocenters. The second-order valence-corrected chi connectivity index (χ2v) is 7.89. The second-order valence-electron chi connectivity index (χ2n) is 7.49. The zero-order chi connectivity index (χ0) is 22.8. The van der Waals surface area contributed by atoms with Gasteiger partial charge in [0.2, 0.25) is 0 Å². The molecule has 0 radical (unpaired) electrons. The third-order valence-electron chi connectivity index (χ3n) is 5.23. The average Bonchev–Trinajstić information content (AvgIpc) is 2.77. The van der Waals surface area contributed by atoms with Gasteiger partial charge >= 0.3 is 0 Å². The minimum Gasteiger partial charge on any atom is -0.504 e. The summed E-state index contributed by atoms with van der Waals surface area (Å²) in [4.78, 5) is 16.8. The van der Waals surface area contributed by atoms with E-state index in [-0.39, 0.29) is 10.8 Å². The molecule has 0 aliphatic carbocycles. The van der Waals surface area contributed by atoms with E-state index in [1.807, 2.05) is 30.3 Å². The maximum absolute atomic E-state index is 14.1. The molecular weight excluding hydrogens is 429 g/mol. The van der Waals surface area contributed by atoms with Crippen molar-refractivity contribution in [3.05, 3.63) is 82.8 Å². The normalized spacial score (nSPS) is 11.0. The van der Waals surface area contributed by atoms with Gasteiger partial charge in [-0.15, -0.1) is 0 Å². The van der Waals surface area contributed by atoms with Crippen molar-refractivity contribution in [2.45, 2.75) is 13.3 Å². The number of anilines is 2. The maximum Gasteiger partial charge on any atom is 0.170 e. The molecule has 0 spiro atoms. The van der Waals surface area contributed by atoms with E-state index in [2.05, 4.69) is 10.3 Å². The molecule has 0 aliphatic heterocycles. The van der Waals surface area contributed by atoms with E-state index in [0.29, 0.717) is 39.8 Å². The lowest BCUT2D eigenvalue weighted by Crippen LogP contribution is -2.05. The first-order chi connectivity index (χ1) is 15.4. The molecule has 0 bridgehead atoms. The summed E-state index contributed by atoms with van der Waals surface area (Å²) in [5.41, 5.74) is 10.5. The Bertz CT molecular complexity index is 1320. The number of pyridine rings is 1. The van der Waals surface area contributed by atoms with Gasteiger partial charge in [0, 0.05) is 17.3 Å². The van der Waals surface area contributed by atoms with E-state index in [1.165, 1.54) is 19.1 Å². The number of nitrogens with zero attached hydrogens (tertiary/aromatic N) is 1. The van der Waals surface area contributed by atoms with Crippen LogP contribution in [0.15, 0.2) is 60.8 Å². The lowest BCUT2D eigenvalue weighted by molar-refractivity contribution is 0.101. The van der Waals surface area contributed by atoms with E-state index in [1.54, 1.807) is 18.3 Å². The number of fused-ring (bicyclic) bond motifs is 1. The molecule has 0 saturated carbocycles. The summed E-state index contributed by atoms with van der Waals surface area (Å²) in [6.45, 7) is 2.02. The van der Waals surface area contributed by atoms with E-state index in [9.17, 15) is 14.3 Å². The molecule has 162 valence electrons. The molecule has 5 nitrogen and oxygen atoms in total. The first kappa shape index (κ1) is 21.7. The predicted molar refractivity (Wildman–Crippen MR) is 126 cm³/mol. The van der Waals surface area contributed by atoms with Gasteiger partial charge in [0.1, 0.15) is 0 Å². The van der Waals surface area contributed by atoms with Gasteiger partial charge in [-0.2, -0.15) is 0 Å². The van der Waals surface area contributed by atoms with Crippen LogP contribution in [0.5, 0.6) is 5.75 Å². The third kappa shape index (κ3) is 4.28. The highest BCUT2D eigenvalue weighted by Gasteiger charge is 2.15. The van der Waals surface area contributed by atoms with Crippen molar-refractivity contribution in [1.82, 2.24) is 4.98 Å². The van der Waals surface area contributed by atoms with Crippen molar-refractivity contribution in [3.63, 3.8) is 0 Å². The van der Waals surface area contributed by atoms with Crippen molar-refractivity contribution in [3.8, 4) is 16.9 Å². The van der Waals surface area contributed by atoms with Crippen LogP contribution in [-0.4, -0.2) is 22.4 Å². The second kappa shape index (κ2) is 8.94. The van der Waals surface area contributed by atoms with Crippen LogP contribution in [0.2, 0.25) is 5.02 Å². The largest absolute Gasteiger partial charge is 0.504 e. The molecule has 1 aromatic heterocycles. The van der Waals surface area contributed by atoms with Crippen molar-refractivity contribution < 1.29 is 14.3 Å². The Morgan fingerprint density at radius 3 is 2.69 bits per heavy atom. The molecular formula is C25H21ClFN3O2. The molecule has 3 aromatic carbocycles. The quantitative estimate of drug-likeness (QED) is 0.321. The Morgan fingerprint density at radius 2 is 1.97 bits per heavy atom. The average molecular weight is 450 g/mol. The van der Waals surface area contributed by atoms with Crippen molar-refractivity contribution in [2.24, 2.45) is 5.73 Å². The van der Waals surface area contributed by atoms with Crippen LogP contribution in [0.3, 0.4) is 0 Å². The molecule has 0 aliphatic rings. The number of phenols is 1. The minimum atomic E-state index is -0.807. The lowest BCUT2D eigenvalue weighted by atomic mass is 10.00. The van der Waals surface area contributed by atoms with Gasteiger partial charge in [0.25, 0.3) is 0 Å². The van der Waals surface area contributed by atoms with Crippen molar-refractivity contribution in [1.29, 1.82) is 0 Å². The monoisotopic (exact) mass is 449 g/mol. The number of nitrogens with one attached hydrogen (secondary N) is 1. The van der Waals surface area contributed by atoms with Crippen LogP contribution in [0, 0.1) is 5.82 Å². The van der Waals surface area contributed by atoms with Gasteiger partial charge in [0.05, 0.1) is 21.8 Å². The number of carbonyl (C=O) groups excluding carboxylic acids is 1. The number of hydrogen-bond acceptors (Lipinski definition) is 5. The summed E-state index contributed by atoms with van der Waals surface area (Å²) in [5.74, 6) is -1.53. The summed E-state index contributed by atoms with van der Waals surface area (Å²) in [7, 11) is 0. The fourth-order valence-corrected chi connectivity index (χ4v) is 3.83. The SMILES string of the molecule is CC(=O)c1cnc2ccc(-c3cc(F)c(O)c(Cl)c3)cc2c1Nc1cccc(CCN)c1. The highest BCUT2D eigenvalue weighted by atomic mass is 35.5. The Balaban J connectivity index is 1.88. The number of benzene rings is 3. The third-order valence-corrected chi connectivity index (χ3v) is 5.51. The van der Waals surface area contributed by atoms with Gasteiger partial charge in [-0.1, -0.05) is 29.8 Å². The highest BCUT2D eigenvalue weighted by Crippen LogP contribution is 2.36. The maximum atomic E-state index is 14.1. The molecule has 0 atom stereocenters. The van der Waals surface area contributed by atoms with Crippen LogP contribution in [0.1, 0.15) is 22.8 Å². The van der Waals surface area contributed by atoms with Crippen LogP contribution in [0.25, 0.3) is 22.0 Å². The number of hydrogen-bond donors (Lipinski definition) is 3. The Labute approximate surface area is 189 Å². The predicted octanol–water partition coefficient (Wildman–Crippen LogP) is 5.85. The molecule has 1 heterocycles. The Hall–Kier alpha value is -3.48. The minimum absolute atomic E-state index is 0.0780. The van der Waals surface area contributed by atoms with Gasteiger partial charge in [0.15, 0.2) is 17.3 Å². The summed E-state index contributed by atoms with van der Waals surface area (Å²) in [5, 5.41) is 13.6. The van der Waals surface area contributed by atoms with E-state index >= 15 is 0 Å². The van der Waals surface area contributed by atoms with Crippen LogP contribution in [-0.2, 0) is 6.42 Å².